The van der Waals surface area contributed by atoms with Crippen molar-refractivity contribution in [2.75, 3.05) is 0 Å². The molecule has 4 heteroatoms. The molecule has 0 unspecified atom stereocenters. The fourth-order valence-electron chi connectivity index (χ4n) is 2.73. The molecule has 96 valence electrons. The van der Waals surface area contributed by atoms with E-state index in [0.29, 0.717) is 0 Å². The molecule has 0 aliphatic heterocycles. The summed E-state index contributed by atoms with van der Waals surface area (Å²) in [5, 5.41) is 0. The highest BCUT2D eigenvalue weighted by atomic mass is 79.9. The molecule has 1 aliphatic rings. The first-order valence-corrected chi connectivity index (χ1v) is 7.36. The Morgan fingerprint density at radius 3 is 2.74 bits per heavy atom. The Morgan fingerprint density at radius 1 is 1.11 bits per heavy atom. The third kappa shape index (κ3) is 1.82. The van der Waals surface area contributed by atoms with Gasteiger partial charge in [0.05, 0.1) is 11.4 Å². The second kappa shape index (κ2) is 4.23. The summed E-state index contributed by atoms with van der Waals surface area (Å²) in [6.07, 6.45) is 6.70. The van der Waals surface area contributed by atoms with Crippen LogP contribution in [0.5, 0.6) is 0 Å². The normalized spacial score (nSPS) is 14.8. The van der Waals surface area contributed by atoms with Crippen molar-refractivity contribution in [2.24, 2.45) is 0 Å². The number of fused-ring (bicyclic) bond motifs is 3. The van der Waals surface area contributed by atoms with Gasteiger partial charge in [-0.2, -0.15) is 4.98 Å². The van der Waals surface area contributed by atoms with Gasteiger partial charge in [-0.1, -0.05) is 28.1 Å². The first kappa shape index (κ1) is 11.3. The topological polar surface area (TPSA) is 30.4 Å². The van der Waals surface area contributed by atoms with Gasteiger partial charge >= 0.3 is 5.84 Å². The summed E-state index contributed by atoms with van der Waals surface area (Å²) in [5.41, 5.74) is 3.39. The molecule has 0 atom stereocenters. The number of benzene rings is 1. The van der Waals surface area contributed by atoms with Crippen LogP contribution in [0.3, 0.4) is 0 Å². The predicted octanol–water partition coefficient (Wildman–Crippen LogP) is 4.24. The van der Waals surface area contributed by atoms with E-state index in [0.717, 1.165) is 40.2 Å². The fourth-order valence-corrected chi connectivity index (χ4v) is 2.99. The van der Waals surface area contributed by atoms with E-state index in [1.54, 1.807) is 0 Å². The van der Waals surface area contributed by atoms with Crippen LogP contribution >= 0.6 is 15.9 Å². The number of halogens is 1. The molecule has 3 nitrogen and oxygen atoms in total. The van der Waals surface area contributed by atoms with E-state index < -0.39 is 0 Å². The molecular weight excluding hydrogens is 304 g/mol. The lowest BCUT2D eigenvalue weighted by atomic mass is 10.0. The second-order valence-electron chi connectivity index (χ2n) is 4.96. The van der Waals surface area contributed by atoms with E-state index >= 15 is 0 Å². The van der Waals surface area contributed by atoms with Crippen LogP contribution < -0.4 is 0 Å². The number of imidazole rings is 1. The largest absolute Gasteiger partial charge is 0.428 e. The van der Waals surface area contributed by atoms with Crippen LogP contribution in [0.25, 0.3) is 17.1 Å². The van der Waals surface area contributed by atoms with Crippen LogP contribution in [0, 0.1) is 0 Å². The molecule has 2 heterocycles. The summed E-state index contributed by atoms with van der Waals surface area (Å²) in [6.45, 7) is 0. The van der Waals surface area contributed by atoms with Crippen molar-refractivity contribution in [1.29, 1.82) is 0 Å². The summed E-state index contributed by atoms with van der Waals surface area (Å²) in [4.78, 5) is 4.60. The minimum atomic E-state index is 0.727. The predicted molar refractivity (Wildman–Crippen MR) is 77.2 cm³/mol. The number of hydrogen-bond donors (Lipinski definition) is 0. The zero-order valence-electron chi connectivity index (χ0n) is 10.4. The second-order valence-corrected chi connectivity index (χ2v) is 5.88. The van der Waals surface area contributed by atoms with Crippen LogP contribution in [0.1, 0.15) is 24.3 Å². The third-order valence-corrected chi connectivity index (χ3v) is 4.24. The summed E-state index contributed by atoms with van der Waals surface area (Å²) >= 11 is 3.45. The molecule has 3 aromatic rings. The van der Waals surface area contributed by atoms with Gasteiger partial charge in [-0.25, -0.2) is 0 Å². The monoisotopic (exact) mass is 316 g/mol. The minimum Gasteiger partial charge on any atom is -0.428 e. The van der Waals surface area contributed by atoms with Crippen LogP contribution in [0.15, 0.2) is 39.4 Å². The van der Waals surface area contributed by atoms with Crippen molar-refractivity contribution in [3.63, 3.8) is 0 Å². The summed E-state index contributed by atoms with van der Waals surface area (Å²) in [6, 6.07) is 8.20. The molecule has 0 saturated heterocycles. The van der Waals surface area contributed by atoms with E-state index in [9.17, 15) is 0 Å². The fraction of sp³-hybridized carbons (Fsp3) is 0.267. The van der Waals surface area contributed by atoms with Gasteiger partial charge in [0.2, 0.25) is 0 Å². The summed E-state index contributed by atoms with van der Waals surface area (Å²) < 4.78 is 9.06. The average molecular weight is 317 g/mol. The molecule has 0 fully saturated rings. The van der Waals surface area contributed by atoms with Gasteiger partial charge in [0.1, 0.15) is 5.76 Å². The first-order chi connectivity index (χ1) is 9.31. The zero-order chi connectivity index (χ0) is 12.8. The van der Waals surface area contributed by atoms with Crippen molar-refractivity contribution >= 4 is 21.8 Å². The Kier molecular flexibility index (Phi) is 2.52. The van der Waals surface area contributed by atoms with Crippen molar-refractivity contribution in [2.45, 2.75) is 25.7 Å². The van der Waals surface area contributed by atoms with E-state index in [-0.39, 0.29) is 0 Å². The molecular formula is C15H13BrN2O. The van der Waals surface area contributed by atoms with Gasteiger partial charge in [-0.15, -0.1) is 0 Å². The number of oxazole rings is 1. The highest BCUT2D eigenvalue weighted by Gasteiger charge is 2.19. The smallest absolute Gasteiger partial charge is 0.306 e. The van der Waals surface area contributed by atoms with Crippen LogP contribution in [0.4, 0.5) is 0 Å². The Bertz CT molecular complexity index is 739. The zero-order valence-corrected chi connectivity index (χ0v) is 12.0. The molecule has 1 aliphatic carbocycles. The van der Waals surface area contributed by atoms with Gasteiger partial charge in [-0.05, 0) is 31.4 Å². The Morgan fingerprint density at radius 2 is 1.89 bits per heavy atom. The van der Waals surface area contributed by atoms with E-state index in [4.69, 9.17) is 4.42 Å². The van der Waals surface area contributed by atoms with Crippen LogP contribution in [-0.2, 0) is 12.8 Å². The average Bonchev–Trinajstić information content (AvgIpc) is 2.97. The van der Waals surface area contributed by atoms with Gasteiger partial charge < -0.3 is 4.42 Å². The van der Waals surface area contributed by atoms with Gasteiger partial charge in [0.15, 0.2) is 0 Å². The quantitative estimate of drug-likeness (QED) is 0.672. The molecule has 1 aromatic carbocycles. The van der Waals surface area contributed by atoms with Gasteiger partial charge in [0, 0.05) is 22.7 Å². The molecule has 4 rings (SSSR count). The van der Waals surface area contributed by atoms with E-state index in [1.807, 2.05) is 12.1 Å². The molecule has 0 saturated carbocycles. The summed E-state index contributed by atoms with van der Waals surface area (Å²) in [5.74, 6) is 1.85. The third-order valence-electron chi connectivity index (χ3n) is 3.71. The maximum atomic E-state index is 5.86. The van der Waals surface area contributed by atoms with Crippen molar-refractivity contribution in [1.82, 2.24) is 9.38 Å². The van der Waals surface area contributed by atoms with Gasteiger partial charge in [0.25, 0.3) is 0 Å². The molecule has 0 bridgehead atoms. The Balaban J connectivity index is 1.84. The van der Waals surface area contributed by atoms with Crippen molar-refractivity contribution < 1.29 is 4.42 Å². The van der Waals surface area contributed by atoms with Crippen LogP contribution in [-0.4, -0.2) is 9.38 Å². The SMILES string of the molecule is Brc1ccc(-c2cn3c4c(oc3n2)CCCC4)cc1. The Hall–Kier alpha value is -1.55. The molecule has 0 N–H and O–H groups in total. The molecule has 19 heavy (non-hydrogen) atoms. The standard InChI is InChI=1S/C15H13BrN2O/c16-11-7-5-10(6-8-11)12-9-18-13-3-1-2-4-14(13)19-15(18)17-12/h5-9H,1-4H2. The maximum absolute atomic E-state index is 5.86. The lowest BCUT2D eigenvalue weighted by Crippen LogP contribution is -2.02. The molecule has 2 aromatic heterocycles. The lowest BCUT2D eigenvalue weighted by molar-refractivity contribution is 0.500. The highest BCUT2D eigenvalue weighted by molar-refractivity contribution is 9.10. The van der Waals surface area contributed by atoms with Gasteiger partial charge in [-0.3, -0.25) is 4.40 Å². The van der Waals surface area contributed by atoms with Crippen molar-refractivity contribution in [3.05, 3.63) is 46.4 Å². The van der Waals surface area contributed by atoms with E-state index in [1.165, 1.54) is 18.5 Å². The van der Waals surface area contributed by atoms with E-state index in [2.05, 4.69) is 43.6 Å². The number of hydrogen-bond acceptors (Lipinski definition) is 2. The highest BCUT2D eigenvalue weighted by Crippen LogP contribution is 2.28. The molecule has 0 radical (unpaired) electrons. The number of aromatic nitrogens is 2. The minimum absolute atomic E-state index is 0.727. The number of aryl methyl sites for hydroxylation is 2. The number of nitrogens with zero attached hydrogens (tertiary/aromatic N) is 2. The Labute approximate surface area is 119 Å². The lowest BCUT2D eigenvalue weighted by Gasteiger charge is -2.08. The maximum Gasteiger partial charge on any atom is 0.306 e. The molecule has 0 amide bonds. The first-order valence-electron chi connectivity index (χ1n) is 6.57. The molecule has 0 spiro atoms. The van der Waals surface area contributed by atoms with Crippen molar-refractivity contribution in [3.8, 4) is 11.3 Å². The van der Waals surface area contributed by atoms with Crippen LogP contribution in [0.2, 0.25) is 0 Å². The summed E-state index contributed by atoms with van der Waals surface area (Å²) in [7, 11) is 0. The number of rotatable bonds is 1.